The maximum Gasteiger partial charge on any atom is 0.0406 e. The number of nitrogens with one attached hydrogen (secondary N) is 1. The van der Waals surface area contributed by atoms with Crippen LogP contribution in [0.3, 0.4) is 0 Å². The van der Waals surface area contributed by atoms with Gasteiger partial charge in [0.25, 0.3) is 0 Å². The number of hydrogen-bond donors (Lipinski definition) is 1. The van der Waals surface area contributed by atoms with Crippen molar-refractivity contribution in [2.24, 2.45) is 0 Å². The van der Waals surface area contributed by atoms with E-state index in [0.29, 0.717) is 6.04 Å². The van der Waals surface area contributed by atoms with Gasteiger partial charge in [0.05, 0.1) is 0 Å². The quantitative estimate of drug-likeness (QED) is 0.732. The third-order valence-corrected chi connectivity index (χ3v) is 3.95. The molecule has 0 aromatic heterocycles. The zero-order chi connectivity index (χ0) is 14.9. The summed E-state index contributed by atoms with van der Waals surface area (Å²) in [6.07, 6.45) is 4.51. The predicted molar refractivity (Wildman–Crippen MR) is 92.0 cm³/mol. The predicted octanol–water partition coefficient (Wildman–Crippen LogP) is 4.88. The molecule has 0 aliphatic rings. The fourth-order valence-electron chi connectivity index (χ4n) is 2.52. The maximum atomic E-state index is 5.96. The molecule has 112 valence electrons. The second-order valence-electron chi connectivity index (χ2n) is 5.51. The Morgan fingerprint density at radius 3 is 2.33 bits per heavy atom. The first-order chi connectivity index (χ1) is 10.3. The van der Waals surface area contributed by atoms with Gasteiger partial charge < -0.3 is 5.32 Å². The van der Waals surface area contributed by atoms with Crippen molar-refractivity contribution in [3.8, 4) is 0 Å². The molecule has 0 aliphatic heterocycles. The van der Waals surface area contributed by atoms with E-state index in [-0.39, 0.29) is 0 Å². The van der Waals surface area contributed by atoms with Crippen molar-refractivity contribution in [1.82, 2.24) is 5.32 Å². The molecule has 2 aromatic carbocycles. The van der Waals surface area contributed by atoms with E-state index in [9.17, 15) is 0 Å². The maximum absolute atomic E-state index is 5.96. The van der Waals surface area contributed by atoms with Crippen LogP contribution in [0, 0.1) is 0 Å². The van der Waals surface area contributed by atoms with Crippen molar-refractivity contribution < 1.29 is 0 Å². The molecule has 2 heteroatoms. The second-order valence-corrected chi connectivity index (χ2v) is 5.94. The molecule has 1 N–H and O–H groups in total. The van der Waals surface area contributed by atoms with E-state index in [1.54, 1.807) is 0 Å². The van der Waals surface area contributed by atoms with Crippen LogP contribution >= 0.6 is 11.6 Å². The molecule has 0 saturated carbocycles. The van der Waals surface area contributed by atoms with Crippen LogP contribution in [0.25, 0.3) is 0 Å². The zero-order valence-electron chi connectivity index (χ0n) is 12.7. The topological polar surface area (TPSA) is 12.0 Å². The van der Waals surface area contributed by atoms with E-state index in [2.05, 4.69) is 54.7 Å². The van der Waals surface area contributed by atoms with Gasteiger partial charge in [-0.15, -0.1) is 0 Å². The Kier molecular flexibility index (Phi) is 6.78. The van der Waals surface area contributed by atoms with Crippen LogP contribution in [0.4, 0.5) is 0 Å². The van der Waals surface area contributed by atoms with Crippen molar-refractivity contribution in [3.05, 3.63) is 70.7 Å². The highest BCUT2D eigenvalue weighted by molar-refractivity contribution is 6.30. The lowest BCUT2D eigenvalue weighted by molar-refractivity contribution is 0.477. The molecular formula is C19H24ClN. The molecule has 0 bridgehead atoms. The fourth-order valence-corrected chi connectivity index (χ4v) is 2.64. The van der Waals surface area contributed by atoms with Crippen molar-refractivity contribution in [2.75, 3.05) is 6.54 Å². The molecule has 1 unspecified atom stereocenters. The van der Waals surface area contributed by atoms with Gasteiger partial charge in [-0.25, -0.2) is 0 Å². The summed E-state index contributed by atoms with van der Waals surface area (Å²) in [5.74, 6) is 0. The van der Waals surface area contributed by atoms with Gasteiger partial charge in [0, 0.05) is 11.1 Å². The Hall–Kier alpha value is -1.31. The summed E-state index contributed by atoms with van der Waals surface area (Å²) >= 11 is 5.96. The van der Waals surface area contributed by atoms with Crippen molar-refractivity contribution in [2.45, 2.75) is 38.6 Å². The lowest BCUT2D eigenvalue weighted by Gasteiger charge is -2.19. The van der Waals surface area contributed by atoms with Gasteiger partial charge in [-0.3, -0.25) is 0 Å². The Morgan fingerprint density at radius 2 is 1.67 bits per heavy atom. The first-order valence-corrected chi connectivity index (χ1v) is 8.17. The number of benzene rings is 2. The molecule has 0 fully saturated rings. The Bertz CT molecular complexity index is 507. The highest BCUT2D eigenvalue weighted by Crippen LogP contribution is 2.13. The Balaban J connectivity index is 1.92. The molecule has 0 saturated heterocycles. The minimum absolute atomic E-state index is 0.520. The van der Waals surface area contributed by atoms with Gasteiger partial charge >= 0.3 is 0 Å². The van der Waals surface area contributed by atoms with Gasteiger partial charge in [-0.05, 0) is 55.5 Å². The molecule has 2 rings (SSSR count). The average Bonchev–Trinajstić information content (AvgIpc) is 2.53. The lowest BCUT2D eigenvalue weighted by atomic mass is 9.99. The second kappa shape index (κ2) is 8.86. The fraction of sp³-hybridized carbons (Fsp3) is 0.368. The summed E-state index contributed by atoms with van der Waals surface area (Å²) in [4.78, 5) is 0. The molecule has 21 heavy (non-hydrogen) atoms. The zero-order valence-corrected chi connectivity index (χ0v) is 13.4. The van der Waals surface area contributed by atoms with Crippen LogP contribution < -0.4 is 5.32 Å². The number of halogens is 1. The van der Waals surface area contributed by atoms with Crippen LogP contribution in [0.2, 0.25) is 5.02 Å². The molecule has 0 amide bonds. The van der Waals surface area contributed by atoms with E-state index in [1.807, 2.05) is 12.1 Å². The molecule has 1 nitrogen and oxygen atoms in total. The Morgan fingerprint density at radius 1 is 0.952 bits per heavy atom. The number of rotatable bonds is 8. The standard InChI is InChI=1S/C19H24ClN/c1-2-14-21-19(13-10-16-6-4-3-5-7-16)15-17-8-11-18(20)12-9-17/h3-9,11-12,19,21H,2,10,13-15H2,1H3. The van der Waals surface area contributed by atoms with Gasteiger partial charge in [0.15, 0.2) is 0 Å². The summed E-state index contributed by atoms with van der Waals surface area (Å²) in [6, 6.07) is 19.5. The van der Waals surface area contributed by atoms with Crippen LogP contribution in [-0.4, -0.2) is 12.6 Å². The summed E-state index contributed by atoms with van der Waals surface area (Å²) in [6.45, 7) is 3.29. The summed E-state index contributed by atoms with van der Waals surface area (Å²) in [7, 11) is 0. The normalized spacial score (nSPS) is 12.3. The monoisotopic (exact) mass is 301 g/mol. The highest BCUT2D eigenvalue weighted by atomic mass is 35.5. The molecule has 0 spiro atoms. The summed E-state index contributed by atoms with van der Waals surface area (Å²) in [5, 5.41) is 4.48. The molecule has 0 heterocycles. The molecule has 0 aliphatic carbocycles. The van der Waals surface area contributed by atoms with Gasteiger partial charge in [0.2, 0.25) is 0 Å². The van der Waals surface area contributed by atoms with E-state index >= 15 is 0 Å². The molecule has 1 atom stereocenters. The summed E-state index contributed by atoms with van der Waals surface area (Å²) < 4.78 is 0. The third kappa shape index (κ3) is 5.91. The van der Waals surface area contributed by atoms with E-state index in [0.717, 1.165) is 30.8 Å². The van der Waals surface area contributed by atoms with Crippen LogP contribution in [-0.2, 0) is 12.8 Å². The number of aryl methyl sites for hydroxylation is 1. The average molecular weight is 302 g/mol. The van der Waals surface area contributed by atoms with E-state index < -0.39 is 0 Å². The van der Waals surface area contributed by atoms with Crippen LogP contribution in [0.15, 0.2) is 54.6 Å². The molecule has 2 aromatic rings. The first kappa shape index (κ1) is 16.1. The largest absolute Gasteiger partial charge is 0.314 e. The minimum atomic E-state index is 0.520. The third-order valence-electron chi connectivity index (χ3n) is 3.70. The first-order valence-electron chi connectivity index (χ1n) is 7.79. The SMILES string of the molecule is CCCNC(CCc1ccccc1)Cc1ccc(Cl)cc1. The summed E-state index contributed by atoms with van der Waals surface area (Å²) in [5.41, 5.74) is 2.76. The lowest BCUT2D eigenvalue weighted by Crippen LogP contribution is -2.32. The van der Waals surface area contributed by atoms with Gasteiger partial charge in [-0.2, -0.15) is 0 Å². The van der Waals surface area contributed by atoms with E-state index in [1.165, 1.54) is 17.5 Å². The molecular weight excluding hydrogens is 278 g/mol. The van der Waals surface area contributed by atoms with Crippen molar-refractivity contribution >= 4 is 11.6 Å². The van der Waals surface area contributed by atoms with Gasteiger partial charge in [0.1, 0.15) is 0 Å². The minimum Gasteiger partial charge on any atom is -0.314 e. The van der Waals surface area contributed by atoms with Crippen LogP contribution in [0.5, 0.6) is 0 Å². The van der Waals surface area contributed by atoms with Crippen molar-refractivity contribution in [1.29, 1.82) is 0 Å². The molecule has 0 radical (unpaired) electrons. The highest BCUT2D eigenvalue weighted by Gasteiger charge is 2.09. The Labute approximate surface area is 133 Å². The van der Waals surface area contributed by atoms with E-state index in [4.69, 9.17) is 11.6 Å². The van der Waals surface area contributed by atoms with Crippen LogP contribution in [0.1, 0.15) is 30.9 Å². The number of hydrogen-bond acceptors (Lipinski definition) is 1. The van der Waals surface area contributed by atoms with Gasteiger partial charge in [-0.1, -0.05) is 61.0 Å². The van der Waals surface area contributed by atoms with Crippen molar-refractivity contribution in [3.63, 3.8) is 0 Å². The smallest absolute Gasteiger partial charge is 0.0406 e.